The van der Waals surface area contributed by atoms with Gasteiger partial charge in [-0.3, -0.25) is 0 Å². The predicted molar refractivity (Wildman–Crippen MR) is 96.5 cm³/mol. The molecule has 2 atom stereocenters. The van der Waals surface area contributed by atoms with Gasteiger partial charge in [-0.1, -0.05) is 30.3 Å². The number of carbonyl (C=O) groups excluding carboxylic acids is 1. The molecule has 1 unspecified atom stereocenters. The molecule has 6 heteroatoms. The summed E-state index contributed by atoms with van der Waals surface area (Å²) in [5.74, 6) is 0.325. The van der Waals surface area contributed by atoms with E-state index >= 15 is 0 Å². The van der Waals surface area contributed by atoms with Gasteiger partial charge in [-0.25, -0.2) is 14.2 Å². The lowest BCUT2D eigenvalue weighted by atomic mass is 10.1. The van der Waals surface area contributed by atoms with Crippen molar-refractivity contribution in [3.8, 4) is 5.75 Å². The summed E-state index contributed by atoms with van der Waals surface area (Å²) in [5, 5.41) is 5.86. The van der Waals surface area contributed by atoms with E-state index in [9.17, 15) is 9.18 Å². The van der Waals surface area contributed by atoms with Gasteiger partial charge in [-0.05, 0) is 29.8 Å². The third kappa shape index (κ3) is 3.40. The van der Waals surface area contributed by atoms with Crippen molar-refractivity contribution in [2.45, 2.75) is 25.0 Å². The van der Waals surface area contributed by atoms with Crippen LogP contribution in [-0.4, -0.2) is 41.3 Å². The molecule has 2 aromatic rings. The Balaban J connectivity index is 1.39. The number of hydrogen-bond acceptors (Lipinski definition) is 3. The van der Waals surface area contributed by atoms with Gasteiger partial charge in [-0.2, -0.15) is 5.10 Å². The van der Waals surface area contributed by atoms with Crippen LogP contribution in [0, 0.1) is 5.82 Å². The molecule has 0 radical (unpaired) electrons. The van der Waals surface area contributed by atoms with Crippen molar-refractivity contribution in [1.29, 1.82) is 0 Å². The van der Waals surface area contributed by atoms with Crippen molar-refractivity contribution in [2.24, 2.45) is 5.10 Å². The van der Waals surface area contributed by atoms with Crippen molar-refractivity contribution >= 4 is 12.2 Å². The van der Waals surface area contributed by atoms with E-state index in [2.05, 4.69) is 5.10 Å². The molecular weight excluding hydrogens is 333 g/mol. The summed E-state index contributed by atoms with van der Waals surface area (Å²) in [4.78, 5) is 14.7. The molecule has 134 valence electrons. The van der Waals surface area contributed by atoms with E-state index in [0.29, 0.717) is 18.8 Å². The zero-order valence-electron chi connectivity index (χ0n) is 14.3. The maximum Gasteiger partial charge on any atom is 0.341 e. The standard InChI is InChI=1S/C20H20FN3O2/c21-16-6-8-17(9-7-16)26-18-11-13-23(14-18)20(25)24-19(10-12-22-24)15-4-2-1-3-5-15/h1-9,12,18-19H,10-11,13-14H2/t18-,19?/m1/s1. The molecule has 2 heterocycles. The molecule has 2 amide bonds. The summed E-state index contributed by atoms with van der Waals surface area (Å²) in [6.45, 7) is 1.13. The minimum absolute atomic E-state index is 0.0548. The largest absolute Gasteiger partial charge is 0.489 e. The summed E-state index contributed by atoms with van der Waals surface area (Å²) in [7, 11) is 0. The van der Waals surface area contributed by atoms with E-state index in [4.69, 9.17) is 4.74 Å². The molecule has 0 aromatic heterocycles. The van der Waals surface area contributed by atoms with Gasteiger partial charge in [-0.15, -0.1) is 0 Å². The lowest BCUT2D eigenvalue weighted by molar-refractivity contribution is 0.142. The van der Waals surface area contributed by atoms with Crippen LogP contribution in [0.1, 0.15) is 24.4 Å². The fourth-order valence-electron chi connectivity index (χ4n) is 3.40. The SMILES string of the molecule is O=C(N1CC[C@@H](Oc2ccc(F)cc2)C1)N1N=CCC1c1ccccc1. The van der Waals surface area contributed by atoms with Gasteiger partial charge >= 0.3 is 6.03 Å². The maximum atomic E-state index is 13.0. The summed E-state index contributed by atoms with van der Waals surface area (Å²) in [5.41, 5.74) is 1.08. The minimum atomic E-state index is -0.292. The Morgan fingerprint density at radius 1 is 1.12 bits per heavy atom. The average molecular weight is 353 g/mol. The van der Waals surface area contributed by atoms with Crippen LogP contribution < -0.4 is 4.74 Å². The van der Waals surface area contributed by atoms with E-state index < -0.39 is 0 Å². The lowest BCUT2D eigenvalue weighted by Crippen LogP contribution is -2.40. The Kier molecular flexibility index (Phi) is 4.56. The van der Waals surface area contributed by atoms with Gasteiger partial charge < -0.3 is 9.64 Å². The van der Waals surface area contributed by atoms with Crippen LogP contribution in [0.5, 0.6) is 5.75 Å². The lowest BCUT2D eigenvalue weighted by Gasteiger charge is -2.27. The summed E-state index contributed by atoms with van der Waals surface area (Å²) in [6.07, 6.45) is 3.17. The van der Waals surface area contributed by atoms with E-state index in [0.717, 1.165) is 18.4 Å². The number of hydrazone groups is 1. The smallest absolute Gasteiger partial charge is 0.341 e. The molecule has 2 aliphatic rings. The first-order chi connectivity index (χ1) is 12.7. The topological polar surface area (TPSA) is 45.1 Å². The predicted octanol–water partition coefficient (Wildman–Crippen LogP) is 3.83. The molecular formula is C20H20FN3O2. The molecule has 0 aliphatic carbocycles. The van der Waals surface area contributed by atoms with E-state index in [1.165, 1.54) is 12.1 Å². The number of amides is 2. The molecule has 2 aromatic carbocycles. The van der Waals surface area contributed by atoms with Gasteiger partial charge in [0.2, 0.25) is 0 Å². The molecule has 4 rings (SSSR count). The second kappa shape index (κ2) is 7.15. The van der Waals surface area contributed by atoms with Crippen molar-refractivity contribution in [3.63, 3.8) is 0 Å². The number of carbonyl (C=O) groups is 1. The van der Waals surface area contributed by atoms with Crippen LogP contribution >= 0.6 is 0 Å². The summed E-state index contributed by atoms with van der Waals surface area (Å²) in [6, 6.07) is 15.7. The molecule has 26 heavy (non-hydrogen) atoms. The third-order valence-electron chi connectivity index (χ3n) is 4.74. The Morgan fingerprint density at radius 3 is 2.65 bits per heavy atom. The Labute approximate surface area is 151 Å². The fraction of sp³-hybridized carbons (Fsp3) is 0.300. The van der Waals surface area contributed by atoms with Gasteiger partial charge in [0.1, 0.15) is 17.7 Å². The number of halogens is 1. The Hall–Kier alpha value is -2.89. The van der Waals surface area contributed by atoms with Gasteiger partial charge in [0, 0.05) is 25.6 Å². The van der Waals surface area contributed by atoms with Crippen LogP contribution in [-0.2, 0) is 0 Å². The second-order valence-electron chi connectivity index (χ2n) is 6.52. The number of nitrogens with zero attached hydrogens (tertiary/aromatic N) is 3. The molecule has 1 fully saturated rings. The van der Waals surface area contributed by atoms with Crippen molar-refractivity contribution in [2.75, 3.05) is 13.1 Å². The van der Waals surface area contributed by atoms with Crippen LogP contribution in [0.4, 0.5) is 9.18 Å². The number of likely N-dealkylation sites (tertiary alicyclic amines) is 1. The number of benzene rings is 2. The van der Waals surface area contributed by atoms with E-state index in [1.54, 1.807) is 28.3 Å². The number of rotatable bonds is 3. The first kappa shape index (κ1) is 16.6. The highest BCUT2D eigenvalue weighted by molar-refractivity contribution is 5.78. The van der Waals surface area contributed by atoms with Crippen LogP contribution in [0.25, 0.3) is 0 Å². The first-order valence-corrected chi connectivity index (χ1v) is 8.78. The molecule has 0 spiro atoms. The normalized spacial score (nSPS) is 22.0. The Morgan fingerprint density at radius 2 is 1.88 bits per heavy atom. The summed E-state index contributed by atoms with van der Waals surface area (Å²) < 4.78 is 18.9. The molecule has 1 saturated heterocycles. The summed E-state index contributed by atoms with van der Waals surface area (Å²) >= 11 is 0. The zero-order chi connectivity index (χ0) is 17.9. The molecule has 0 N–H and O–H groups in total. The number of urea groups is 1. The minimum Gasteiger partial charge on any atom is -0.489 e. The van der Waals surface area contributed by atoms with Gasteiger partial charge in [0.25, 0.3) is 0 Å². The molecule has 0 saturated carbocycles. The van der Waals surface area contributed by atoms with Crippen molar-refractivity contribution < 1.29 is 13.9 Å². The van der Waals surface area contributed by atoms with E-state index in [-0.39, 0.29) is 24.0 Å². The monoisotopic (exact) mass is 353 g/mol. The third-order valence-corrected chi connectivity index (χ3v) is 4.74. The maximum absolute atomic E-state index is 13.0. The first-order valence-electron chi connectivity index (χ1n) is 8.78. The van der Waals surface area contributed by atoms with Crippen molar-refractivity contribution in [3.05, 3.63) is 66.0 Å². The highest BCUT2D eigenvalue weighted by Gasteiger charge is 2.35. The molecule has 2 aliphatic heterocycles. The van der Waals surface area contributed by atoms with Gasteiger partial charge in [0.15, 0.2) is 0 Å². The second-order valence-corrected chi connectivity index (χ2v) is 6.52. The average Bonchev–Trinajstić information content (AvgIpc) is 3.33. The Bertz CT molecular complexity index is 794. The fourth-order valence-corrected chi connectivity index (χ4v) is 3.40. The molecule has 5 nitrogen and oxygen atoms in total. The number of hydrogen-bond donors (Lipinski definition) is 0. The molecule has 0 bridgehead atoms. The van der Waals surface area contributed by atoms with Crippen LogP contribution in [0.15, 0.2) is 59.7 Å². The number of ether oxygens (including phenoxy) is 1. The highest BCUT2D eigenvalue weighted by Crippen LogP contribution is 2.30. The van der Waals surface area contributed by atoms with Crippen molar-refractivity contribution in [1.82, 2.24) is 9.91 Å². The van der Waals surface area contributed by atoms with E-state index in [1.807, 2.05) is 30.3 Å². The quantitative estimate of drug-likeness (QED) is 0.842. The van der Waals surface area contributed by atoms with Crippen LogP contribution in [0.2, 0.25) is 0 Å². The van der Waals surface area contributed by atoms with Crippen LogP contribution in [0.3, 0.4) is 0 Å². The highest BCUT2D eigenvalue weighted by atomic mass is 19.1. The zero-order valence-corrected chi connectivity index (χ0v) is 14.3. The van der Waals surface area contributed by atoms with Gasteiger partial charge in [0.05, 0.1) is 12.6 Å².